The summed E-state index contributed by atoms with van der Waals surface area (Å²) in [7, 11) is 0. The third-order valence-electron chi connectivity index (χ3n) is 2.56. The molecule has 2 rings (SSSR count). The van der Waals surface area contributed by atoms with Crippen molar-refractivity contribution in [3.63, 3.8) is 0 Å². The van der Waals surface area contributed by atoms with Gasteiger partial charge in [0.05, 0.1) is 6.61 Å². The van der Waals surface area contributed by atoms with Gasteiger partial charge in [-0.15, -0.1) is 0 Å². The number of anilines is 1. The van der Waals surface area contributed by atoms with Gasteiger partial charge in [0, 0.05) is 30.3 Å². The van der Waals surface area contributed by atoms with Gasteiger partial charge in [0.15, 0.2) is 0 Å². The zero-order chi connectivity index (χ0) is 10.7. The highest BCUT2D eigenvalue weighted by molar-refractivity contribution is 8.00. The average Bonchev–Trinajstić information content (AvgIpc) is 2.29. The molecule has 0 aromatic carbocycles. The molecular formula is C11H16N2OS. The van der Waals surface area contributed by atoms with Crippen molar-refractivity contribution >= 4 is 17.6 Å². The summed E-state index contributed by atoms with van der Waals surface area (Å²) in [4.78, 5) is 6.64. The summed E-state index contributed by atoms with van der Waals surface area (Å²) in [5.41, 5.74) is 0.936. The first kappa shape index (κ1) is 10.8. The van der Waals surface area contributed by atoms with Crippen LogP contribution < -0.4 is 4.90 Å². The van der Waals surface area contributed by atoms with Crippen LogP contribution >= 0.6 is 11.8 Å². The monoisotopic (exact) mass is 224 g/mol. The summed E-state index contributed by atoms with van der Waals surface area (Å²) in [5.74, 6) is 2.15. The van der Waals surface area contributed by atoms with Crippen LogP contribution in [-0.2, 0) is 6.61 Å². The Labute approximate surface area is 94.5 Å². The minimum absolute atomic E-state index is 0.0909. The molecule has 1 aromatic rings. The molecule has 1 aromatic heterocycles. The number of aromatic nitrogens is 1. The Kier molecular flexibility index (Phi) is 3.49. The first-order valence-corrected chi connectivity index (χ1v) is 6.27. The summed E-state index contributed by atoms with van der Waals surface area (Å²) in [5, 5.41) is 9.73. The minimum atomic E-state index is 0.0909. The van der Waals surface area contributed by atoms with E-state index in [9.17, 15) is 0 Å². The number of nitrogens with zero attached hydrogens (tertiary/aromatic N) is 2. The zero-order valence-electron chi connectivity index (χ0n) is 8.89. The Bertz CT molecular complexity index is 332. The average molecular weight is 224 g/mol. The van der Waals surface area contributed by atoms with E-state index in [-0.39, 0.29) is 6.61 Å². The molecule has 1 saturated heterocycles. The van der Waals surface area contributed by atoms with Crippen LogP contribution in [-0.4, -0.2) is 34.2 Å². The van der Waals surface area contributed by atoms with Crippen molar-refractivity contribution in [1.29, 1.82) is 0 Å². The highest BCUT2D eigenvalue weighted by atomic mass is 32.2. The number of hydrogen-bond acceptors (Lipinski definition) is 4. The summed E-state index contributed by atoms with van der Waals surface area (Å²) < 4.78 is 0. The summed E-state index contributed by atoms with van der Waals surface area (Å²) >= 11 is 2.01. The maximum atomic E-state index is 9.06. The molecule has 4 heteroatoms. The number of hydrogen-bond donors (Lipinski definition) is 1. The van der Waals surface area contributed by atoms with Gasteiger partial charge >= 0.3 is 0 Å². The van der Waals surface area contributed by atoms with E-state index in [1.165, 1.54) is 0 Å². The highest BCUT2D eigenvalue weighted by Gasteiger charge is 2.17. The standard InChI is InChI=1S/C11H16N2OS/c1-9-7-13(4-5-15-9)11-6-10(8-14)2-3-12-11/h2-3,6,9,14H,4-5,7-8H2,1H3. The van der Waals surface area contributed by atoms with Crippen LogP contribution in [0.4, 0.5) is 5.82 Å². The van der Waals surface area contributed by atoms with Crippen LogP contribution in [0.25, 0.3) is 0 Å². The molecule has 1 fully saturated rings. The predicted octanol–water partition coefficient (Wildman–Crippen LogP) is 1.52. The largest absolute Gasteiger partial charge is 0.392 e. The van der Waals surface area contributed by atoms with Crippen LogP contribution in [0.3, 0.4) is 0 Å². The van der Waals surface area contributed by atoms with Crippen molar-refractivity contribution in [2.24, 2.45) is 0 Å². The van der Waals surface area contributed by atoms with Crippen molar-refractivity contribution < 1.29 is 5.11 Å². The summed E-state index contributed by atoms with van der Waals surface area (Å²) in [6, 6.07) is 3.83. The lowest BCUT2D eigenvalue weighted by Gasteiger charge is -2.31. The smallest absolute Gasteiger partial charge is 0.128 e. The maximum absolute atomic E-state index is 9.06. The lowest BCUT2D eigenvalue weighted by atomic mass is 10.2. The maximum Gasteiger partial charge on any atom is 0.128 e. The van der Waals surface area contributed by atoms with Crippen LogP contribution in [0, 0.1) is 0 Å². The van der Waals surface area contributed by atoms with Crippen LogP contribution in [0.15, 0.2) is 18.3 Å². The minimum Gasteiger partial charge on any atom is -0.392 e. The Hall–Kier alpha value is -0.740. The SMILES string of the molecule is CC1CN(c2cc(CO)ccn2)CCS1. The molecule has 0 spiro atoms. The van der Waals surface area contributed by atoms with Gasteiger partial charge in [-0.25, -0.2) is 4.98 Å². The third kappa shape index (κ3) is 2.63. The topological polar surface area (TPSA) is 36.4 Å². The number of pyridine rings is 1. The number of thioether (sulfide) groups is 1. The molecule has 2 heterocycles. The summed E-state index contributed by atoms with van der Waals surface area (Å²) in [6.45, 7) is 4.43. The lowest BCUT2D eigenvalue weighted by molar-refractivity contribution is 0.281. The van der Waals surface area contributed by atoms with Crippen LogP contribution in [0.1, 0.15) is 12.5 Å². The van der Waals surface area contributed by atoms with E-state index in [0.717, 1.165) is 30.2 Å². The number of aliphatic hydroxyl groups excluding tert-OH is 1. The molecule has 1 N–H and O–H groups in total. The molecule has 3 nitrogen and oxygen atoms in total. The van der Waals surface area contributed by atoms with E-state index in [0.29, 0.717) is 5.25 Å². The van der Waals surface area contributed by atoms with Crippen molar-refractivity contribution in [3.8, 4) is 0 Å². The molecule has 82 valence electrons. The second kappa shape index (κ2) is 4.86. The lowest BCUT2D eigenvalue weighted by Crippen LogP contribution is -2.37. The Morgan fingerprint density at radius 3 is 3.27 bits per heavy atom. The van der Waals surface area contributed by atoms with Crippen molar-refractivity contribution in [1.82, 2.24) is 4.98 Å². The van der Waals surface area contributed by atoms with Gasteiger partial charge in [-0.05, 0) is 17.7 Å². The summed E-state index contributed by atoms with van der Waals surface area (Å²) in [6.07, 6.45) is 1.77. The Morgan fingerprint density at radius 2 is 2.53 bits per heavy atom. The van der Waals surface area contributed by atoms with E-state index < -0.39 is 0 Å². The van der Waals surface area contributed by atoms with Crippen LogP contribution in [0.2, 0.25) is 0 Å². The molecule has 1 atom stereocenters. The van der Waals surface area contributed by atoms with Crippen molar-refractivity contribution in [2.75, 3.05) is 23.7 Å². The van der Waals surface area contributed by atoms with Gasteiger partial charge in [-0.3, -0.25) is 0 Å². The van der Waals surface area contributed by atoms with E-state index in [2.05, 4.69) is 16.8 Å². The van der Waals surface area contributed by atoms with Gasteiger partial charge in [0.2, 0.25) is 0 Å². The molecule has 0 radical (unpaired) electrons. The van der Waals surface area contributed by atoms with Crippen molar-refractivity contribution in [2.45, 2.75) is 18.8 Å². The Morgan fingerprint density at radius 1 is 1.67 bits per heavy atom. The molecule has 0 aliphatic carbocycles. The number of aliphatic hydroxyl groups is 1. The first-order valence-electron chi connectivity index (χ1n) is 5.22. The van der Waals surface area contributed by atoms with Gasteiger partial charge in [-0.1, -0.05) is 6.92 Å². The highest BCUT2D eigenvalue weighted by Crippen LogP contribution is 2.22. The fourth-order valence-corrected chi connectivity index (χ4v) is 2.77. The van der Waals surface area contributed by atoms with Gasteiger partial charge in [0.1, 0.15) is 5.82 Å². The second-order valence-electron chi connectivity index (χ2n) is 3.81. The molecule has 15 heavy (non-hydrogen) atoms. The Balaban J connectivity index is 2.13. The van der Waals surface area contributed by atoms with Crippen LogP contribution in [0.5, 0.6) is 0 Å². The van der Waals surface area contributed by atoms with E-state index in [4.69, 9.17) is 5.11 Å². The van der Waals surface area contributed by atoms with E-state index in [1.54, 1.807) is 6.20 Å². The molecule has 0 saturated carbocycles. The fourth-order valence-electron chi connectivity index (χ4n) is 1.76. The third-order valence-corrected chi connectivity index (χ3v) is 3.69. The van der Waals surface area contributed by atoms with Crippen molar-refractivity contribution in [3.05, 3.63) is 23.9 Å². The van der Waals surface area contributed by atoms with E-state index in [1.807, 2.05) is 23.9 Å². The normalized spacial score (nSPS) is 21.7. The molecule has 1 unspecified atom stereocenters. The fraction of sp³-hybridized carbons (Fsp3) is 0.545. The molecule has 1 aliphatic rings. The zero-order valence-corrected chi connectivity index (χ0v) is 9.70. The van der Waals surface area contributed by atoms with Gasteiger partial charge in [-0.2, -0.15) is 11.8 Å². The molecule has 0 amide bonds. The molecular weight excluding hydrogens is 208 g/mol. The number of rotatable bonds is 2. The molecule has 1 aliphatic heterocycles. The van der Waals surface area contributed by atoms with Gasteiger partial charge in [0.25, 0.3) is 0 Å². The van der Waals surface area contributed by atoms with E-state index >= 15 is 0 Å². The predicted molar refractivity (Wildman–Crippen MR) is 64.3 cm³/mol. The molecule has 0 bridgehead atoms. The van der Waals surface area contributed by atoms with Gasteiger partial charge < -0.3 is 10.0 Å². The first-order chi connectivity index (χ1) is 7.29. The second-order valence-corrected chi connectivity index (χ2v) is 5.35. The quantitative estimate of drug-likeness (QED) is 0.826.